The lowest BCUT2D eigenvalue weighted by atomic mass is 10.0. The van der Waals surface area contributed by atoms with Crippen LogP contribution in [0.25, 0.3) is 11.5 Å². The molecule has 30 heavy (non-hydrogen) atoms. The molecule has 1 aliphatic rings. The molecule has 2 atom stereocenters. The second kappa shape index (κ2) is 8.57. The predicted octanol–water partition coefficient (Wildman–Crippen LogP) is 3.87. The molecule has 1 amide bonds. The van der Waals surface area contributed by atoms with E-state index in [1.54, 1.807) is 26.4 Å². The summed E-state index contributed by atoms with van der Waals surface area (Å²) in [6.45, 7) is 3.42. The van der Waals surface area contributed by atoms with E-state index >= 15 is 0 Å². The van der Waals surface area contributed by atoms with Crippen LogP contribution in [0.15, 0.2) is 53.1 Å². The third-order valence-electron chi connectivity index (χ3n) is 5.51. The van der Waals surface area contributed by atoms with Crippen LogP contribution in [0, 0.1) is 0 Å². The minimum atomic E-state index is -0.0712. The molecule has 2 unspecified atom stereocenters. The van der Waals surface area contributed by atoms with Gasteiger partial charge in [0.05, 0.1) is 14.2 Å². The number of carbonyl (C=O) groups is 1. The Morgan fingerprint density at radius 1 is 1.13 bits per heavy atom. The Hall–Kier alpha value is -3.35. The molecule has 4 rings (SSSR count). The monoisotopic (exact) mass is 407 g/mol. The van der Waals surface area contributed by atoms with Gasteiger partial charge in [0, 0.05) is 31.0 Å². The number of nitrogens with zero attached hydrogens (tertiary/aromatic N) is 3. The fraction of sp³-hybridized carbons (Fsp3) is 0.348. The summed E-state index contributed by atoms with van der Waals surface area (Å²) in [4.78, 5) is 19.0. The van der Waals surface area contributed by atoms with E-state index in [0.29, 0.717) is 42.7 Å². The van der Waals surface area contributed by atoms with Crippen molar-refractivity contribution < 1.29 is 18.8 Å². The smallest absolute Gasteiger partial charge is 0.258 e. The number of methoxy groups -OCH3 is 2. The molecule has 0 spiro atoms. The quantitative estimate of drug-likeness (QED) is 0.592. The number of rotatable bonds is 7. The summed E-state index contributed by atoms with van der Waals surface area (Å²) in [6, 6.07) is 15.7. The average Bonchev–Trinajstić information content (AvgIpc) is 3.41. The molecule has 1 fully saturated rings. The van der Waals surface area contributed by atoms with Gasteiger partial charge < -0.3 is 18.9 Å². The van der Waals surface area contributed by atoms with Crippen molar-refractivity contribution in [3.05, 3.63) is 59.9 Å². The minimum Gasteiger partial charge on any atom is -0.493 e. The Bertz CT molecular complexity index is 1020. The molecule has 0 aliphatic carbocycles. The largest absolute Gasteiger partial charge is 0.493 e. The molecule has 7 nitrogen and oxygen atoms in total. The van der Waals surface area contributed by atoms with Crippen molar-refractivity contribution in [2.75, 3.05) is 27.3 Å². The highest BCUT2D eigenvalue weighted by molar-refractivity contribution is 5.79. The zero-order valence-electron chi connectivity index (χ0n) is 17.4. The number of amides is 1. The van der Waals surface area contributed by atoms with Crippen molar-refractivity contribution in [3.63, 3.8) is 0 Å². The van der Waals surface area contributed by atoms with Crippen molar-refractivity contribution in [2.24, 2.45) is 0 Å². The van der Waals surface area contributed by atoms with E-state index in [1.165, 1.54) is 5.56 Å². The number of likely N-dealkylation sites (tertiary alicyclic amines) is 1. The van der Waals surface area contributed by atoms with Gasteiger partial charge in [-0.1, -0.05) is 42.4 Å². The summed E-state index contributed by atoms with van der Waals surface area (Å²) < 4.78 is 16.1. The van der Waals surface area contributed by atoms with Gasteiger partial charge >= 0.3 is 0 Å². The molecule has 156 valence electrons. The van der Waals surface area contributed by atoms with Gasteiger partial charge in [0.2, 0.25) is 5.91 Å². The third-order valence-corrected chi connectivity index (χ3v) is 5.51. The highest BCUT2D eigenvalue weighted by atomic mass is 16.5. The molecule has 0 saturated carbocycles. The first-order valence-electron chi connectivity index (χ1n) is 9.97. The van der Waals surface area contributed by atoms with Crippen LogP contribution in [-0.4, -0.2) is 48.3 Å². The Morgan fingerprint density at radius 2 is 1.90 bits per heavy atom. The molecule has 1 saturated heterocycles. The van der Waals surface area contributed by atoms with Crippen molar-refractivity contribution >= 4 is 5.91 Å². The van der Waals surface area contributed by atoms with E-state index in [4.69, 9.17) is 14.0 Å². The topological polar surface area (TPSA) is 77.7 Å². The van der Waals surface area contributed by atoms with Crippen molar-refractivity contribution in [1.29, 1.82) is 0 Å². The van der Waals surface area contributed by atoms with Crippen LogP contribution >= 0.6 is 0 Å². The van der Waals surface area contributed by atoms with E-state index in [2.05, 4.69) is 29.2 Å². The first-order chi connectivity index (χ1) is 14.6. The first kappa shape index (κ1) is 19.9. The van der Waals surface area contributed by atoms with Crippen LogP contribution in [0.5, 0.6) is 11.5 Å². The lowest BCUT2D eigenvalue weighted by molar-refractivity contribution is -0.127. The van der Waals surface area contributed by atoms with Crippen LogP contribution < -0.4 is 9.47 Å². The Kier molecular flexibility index (Phi) is 5.70. The van der Waals surface area contributed by atoms with Gasteiger partial charge in [0.15, 0.2) is 17.3 Å². The van der Waals surface area contributed by atoms with Gasteiger partial charge in [-0.3, -0.25) is 4.79 Å². The maximum Gasteiger partial charge on any atom is 0.258 e. The highest BCUT2D eigenvalue weighted by Gasteiger charge is 2.34. The van der Waals surface area contributed by atoms with Crippen LogP contribution in [0.3, 0.4) is 0 Å². The normalized spacial score (nSPS) is 17.2. The molecule has 1 aliphatic heterocycles. The minimum absolute atomic E-state index is 0.0712. The maximum absolute atomic E-state index is 12.6. The summed E-state index contributed by atoms with van der Waals surface area (Å²) in [6.07, 6.45) is 0.395. The van der Waals surface area contributed by atoms with E-state index in [0.717, 1.165) is 5.56 Å². The molecule has 2 aromatic carbocycles. The Morgan fingerprint density at radius 3 is 2.63 bits per heavy atom. The second-order valence-electron chi connectivity index (χ2n) is 7.54. The van der Waals surface area contributed by atoms with Gasteiger partial charge in [0.25, 0.3) is 5.89 Å². The lowest BCUT2D eigenvalue weighted by Gasteiger charge is -2.21. The van der Waals surface area contributed by atoms with Gasteiger partial charge in [-0.05, 0) is 29.7 Å². The van der Waals surface area contributed by atoms with Gasteiger partial charge in [-0.15, -0.1) is 0 Å². The standard InChI is InChI=1S/C23H25N3O4/c1-15(16-7-5-4-6-8-16)13-26-14-18(12-21(26)27)22-24-23(30-25-22)17-9-10-19(28-2)20(11-17)29-3/h4-11,15,18H,12-14H2,1-3H3. The Labute approximate surface area is 175 Å². The second-order valence-corrected chi connectivity index (χ2v) is 7.54. The lowest BCUT2D eigenvalue weighted by Crippen LogP contribution is -2.29. The molecular weight excluding hydrogens is 382 g/mol. The van der Waals surface area contributed by atoms with Crippen molar-refractivity contribution in [1.82, 2.24) is 15.0 Å². The predicted molar refractivity (Wildman–Crippen MR) is 112 cm³/mol. The molecular formula is C23H25N3O4. The summed E-state index contributed by atoms with van der Waals surface area (Å²) in [5.74, 6) is 2.50. The maximum atomic E-state index is 12.6. The SMILES string of the molecule is COc1ccc(-c2nc(C3CC(=O)N(CC(C)c4ccccc4)C3)no2)cc1OC. The number of hydrogen-bond acceptors (Lipinski definition) is 6. The van der Waals surface area contributed by atoms with E-state index in [1.807, 2.05) is 29.2 Å². The molecule has 1 aromatic heterocycles. The van der Waals surface area contributed by atoms with Crippen LogP contribution in [0.1, 0.15) is 36.6 Å². The van der Waals surface area contributed by atoms with Gasteiger partial charge in [0.1, 0.15) is 0 Å². The van der Waals surface area contributed by atoms with Crippen molar-refractivity contribution in [3.8, 4) is 23.0 Å². The summed E-state index contributed by atoms with van der Waals surface area (Å²) in [5, 5.41) is 4.14. The number of benzene rings is 2. The van der Waals surface area contributed by atoms with E-state index < -0.39 is 0 Å². The summed E-state index contributed by atoms with van der Waals surface area (Å²) in [7, 11) is 3.17. The van der Waals surface area contributed by atoms with Crippen LogP contribution in [-0.2, 0) is 4.79 Å². The molecule has 7 heteroatoms. The molecule has 0 N–H and O–H groups in total. The van der Waals surface area contributed by atoms with Gasteiger partial charge in [-0.25, -0.2) is 0 Å². The first-order valence-corrected chi connectivity index (χ1v) is 9.97. The number of hydrogen-bond donors (Lipinski definition) is 0. The highest BCUT2D eigenvalue weighted by Crippen LogP contribution is 2.33. The fourth-order valence-electron chi connectivity index (χ4n) is 3.83. The summed E-state index contributed by atoms with van der Waals surface area (Å²) in [5.41, 5.74) is 1.97. The zero-order valence-corrected chi connectivity index (χ0v) is 17.4. The molecule has 0 bridgehead atoms. The number of ether oxygens (including phenoxy) is 2. The number of carbonyl (C=O) groups excluding carboxylic acids is 1. The van der Waals surface area contributed by atoms with Crippen molar-refractivity contribution in [2.45, 2.75) is 25.2 Å². The van der Waals surface area contributed by atoms with Crippen LogP contribution in [0.2, 0.25) is 0 Å². The van der Waals surface area contributed by atoms with Gasteiger partial charge in [-0.2, -0.15) is 4.98 Å². The average molecular weight is 407 g/mol. The number of aromatic nitrogens is 2. The zero-order chi connectivity index (χ0) is 21.1. The summed E-state index contributed by atoms with van der Waals surface area (Å²) >= 11 is 0. The molecule has 3 aromatic rings. The fourth-order valence-corrected chi connectivity index (χ4v) is 3.83. The third kappa shape index (κ3) is 4.01. The van der Waals surface area contributed by atoms with Crippen LogP contribution in [0.4, 0.5) is 0 Å². The van der Waals surface area contributed by atoms with E-state index in [-0.39, 0.29) is 17.7 Å². The van der Waals surface area contributed by atoms with E-state index in [9.17, 15) is 4.79 Å². The Balaban J connectivity index is 1.46. The molecule has 0 radical (unpaired) electrons. The molecule has 2 heterocycles.